The minimum atomic E-state index is -0.309. The van der Waals surface area contributed by atoms with Crippen molar-refractivity contribution in [3.63, 3.8) is 0 Å². The number of pyridine rings is 1. The van der Waals surface area contributed by atoms with E-state index >= 15 is 0 Å². The quantitative estimate of drug-likeness (QED) is 0.796. The van der Waals surface area contributed by atoms with Crippen molar-refractivity contribution in [2.45, 2.75) is 25.5 Å². The highest BCUT2D eigenvalue weighted by Crippen LogP contribution is 2.31. The lowest BCUT2D eigenvalue weighted by Gasteiger charge is -2.38. The Labute approximate surface area is 118 Å². The Morgan fingerprint density at radius 3 is 2.89 bits per heavy atom. The summed E-state index contributed by atoms with van der Waals surface area (Å²) in [7, 11) is 0. The highest BCUT2D eigenvalue weighted by Gasteiger charge is 2.27. The molecule has 1 fully saturated rings. The summed E-state index contributed by atoms with van der Waals surface area (Å²) in [6, 6.07) is 3.69. The SMILES string of the molecule is CCOC(=O)c1ccc(N2CCSC(C)(C)C2)nc1. The molecule has 1 aliphatic rings. The van der Waals surface area contributed by atoms with Crippen LogP contribution < -0.4 is 4.90 Å². The molecule has 4 nitrogen and oxygen atoms in total. The maximum absolute atomic E-state index is 11.6. The molecular weight excluding hydrogens is 260 g/mol. The molecule has 0 aliphatic carbocycles. The molecular formula is C14H20N2O2S. The van der Waals surface area contributed by atoms with Gasteiger partial charge in [0.05, 0.1) is 12.2 Å². The molecule has 1 aromatic heterocycles. The van der Waals surface area contributed by atoms with Gasteiger partial charge in [0.25, 0.3) is 0 Å². The average Bonchev–Trinajstić information content (AvgIpc) is 2.38. The van der Waals surface area contributed by atoms with E-state index in [1.54, 1.807) is 19.2 Å². The predicted molar refractivity (Wildman–Crippen MR) is 78.9 cm³/mol. The smallest absolute Gasteiger partial charge is 0.339 e. The highest BCUT2D eigenvalue weighted by molar-refractivity contribution is 8.00. The van der Waals surface area contributed by atoms with E-state index in [9.17, 15) is 4.79 Å². The summed E-state index contributed by atoms with van der Waals surface area (Å²) in [6.45, 7) is 8.65. The molecule has 0 radical (unpaired) electrons. The molecule has 0 saturated carbocycles. The van der Waals surface area contributed by atoms with Crippen LogP contribution in [0.1, 0.15) is 31.1 Å². The van der Waals surface area contributed by atoms with Gasteiger partial charge in [-0.05, 0) is 32.9 Å². The van der Waals surface area contributed by atoms with Gasteiger partial charge in [0.15, 0.2) is 0 Å². The first kappa shape index (κ1) is 14.2. The number of thioether (sulfide) groups is 1. The summed E-state index contributed by atoms with van der Waals surface area (Å²) < 4.78 is 5.20. The summed E-state index contributed by atoms with van der Waals surface area (Å²) in [4.78, 5) is 18.2. The van der Waals surface area contributed by atoms with E-state index in [4.69, 9.17) is 4.74 Å². The molecule has 0 spiro atoms. The van der Waals surface area contributed by atoms with Gasteiger partial charge in [-0.2, -0.15) is 11.8 Å². The number of aromatic nitrogens is 1. The molecule has 0 bridgehead atoms. The molecule has 5 heteroatoms. The van der Waals surface area contributed by atoms with E-state index in [1.165, 1.54) is 0 Å². The molecule has 104 valence electrons. The van der Waals surface area contributed by atoms with Crippen LogP contribution in [-0.2, 0) is 4.74 Å². The standard InChI is InChI=1S/C14H20N2O2S/c1-4-18-13(17)11-5-6-12(15-9-11)16-7-8-19-14(2,3)10-16/h5-6,9H,4,7-8,10H2,1-3H3. The van der Waals surface area contributed by atoms with Crippen molar-refractivity contribution >= 4 is 23.5 Å². The number of esters is 1. The Morgan fingerprint density at radius 2 is 2.32 bits per heavy atom. The van der Waals surface area contributed by atoms with Crippen LogP contribution in [0.4, 0.5) is 5.82 Å². The number of hydrogen-bond donors (Lipinski definition) is 0. The van der Waals surface area contributed by atoms with Gasteiger partial charge < -0.3 is 9.64 Å². The van der Waals surface area contributed by atoms with Gasteiger partial charge in [-0.1, -0.05) is 0 Å². The van der Waals surface area contributed by atoms with E-state index in [-0.39, 0.29) is 10.7 Å². The molecule has 0 amide bonds. The molecule has 2 heterocycles. The van der Waals surface area contributed by atoms with Gasteiger partial charge in [0.1, 0.15) is 5.82 Å². The molecule has 1 aliphatic heterocycles. The largest absolute Gasteiger partial charge is 0.462 e. The second-order valence-corrected chi connectivity index (χ2v) is 6.96. The Hall–Kier alpha value is -1.23. The van der Waals surface area contributed by atoms with Crippen molar-refractivity contribution in [3.05, 3.63) is 23.9 Å². The van der Waals surface area contributed by atoms with Gasteiger partial charge in [-0.25, -0.2) is 9.78 Å². The van der Waals surface area contributed by atoms with Crippen LogP contribution in [0.25, 0.3) is 0 Å². The second-order valence-electron chi connectivity index (χ2n) is 5.16. The topological polar surface area (TPSA) is 42.4 Å². The van der Waals surface area contributed by atoms with Crippen LogP contribution >= 0.6 is 11.8 Å². The monoisotopic (exact) mass is 280 g/mol. The molecule has 0 unspecified atom stereocenters. The van der Waals surface area contributed by atoms with Crippen LogP contribution in [-0.4, -0.2) is 41.1 Å². The van der Waals surface area contributed by atoms with Crippen molar-refractivity contribution in [1.29, 1.82) is 0 Å². The Balaban J connectivity index is 2.08. The number of ether oxygens (including phenoxy) is 1. The van der Waals surface area contributed by atoms with Crippen molar-refractivity contribution in [3.8, 4) is 0 Å². The first-order valence-electron chi connectivity index (χ1n) is 6.54. The van der Waals surface area contributed by atoms with E-state index in [0.717, 1.165) is 24.7 Å². The fraction of sp³-hybridized carbons (Fsp3) is 0.571. The lowest BCUT2D eigenvalue weighted by atomic mass is 10.2. The summed E-state index contributed by atoms with van der Waals surface area (Å²) >= 11 is 1.99. The molecule has 19 heavy (non-hydrogen) atoms. The summed E-state index contributed by atoms with van der Waals surface area (Å²) in [5, 5.41) is 0. The molecule has 0 aromatic carbocycles. The average molecular weight is 280 g/mol. The van der Waals surface area contributed by atoms with Crippen LogP contribution in [0.2, 0.25) is 0 Å². The zero-order valence-electron chi connectivity index (χ0n) is 11.7. The zero-order chi connectivity index (χ0) is 13.9. The maximum atomic E-state index is 11.6. The van der Waals surface area contributed by atoms with Crippen LogP contribution in [0.5, 0.6) is 0 Å². The van der Waals surface area contributed by atoms with Gasteiger partial charge in [0.2, 0.25) is 0 Å². The minimum absolute atomic E-state index is 0.250. The maximum Gasteiger partial charge on any atom is 0.339 e. The number of carbonyl (C=O) groups is 1. The van der Waals surface area contributed by atoms with Crippen molar-refractivity contribution in [1.82, 2.24) is 4.98 Å². The second kappa shape index (κ2) is 5.82. The predicted octanol–water partition coefficient (Wildman–Crippen LogP) is 2.59. The first-order chi connectivity index (χ1) is 9.02. The molecule has 0 atom stereocenters. The summed E-state index contributed by atoms with van der Waals surface area (Å²) in [5.41, 5.74) is 0.510. The third-order valence-electron chi connectivity index (χ3n) is 3.01. The number of nitrogens with zero attached hydrogens (tertiary/aromatic N) is 2. The van der Waals surface area contributed by atoms with Crippen molar-refractivity contribution < 1.29 is 9.53 Å². The van der Waals surface area contributed by atoms with Gasteiger partial charge in [-0.3, -0.25) is 0 Å². The fourth-order valence-electron chi connectivity index (χ4n) is 2.12. The van der Waals surface area contributed by atoms with Crippen molar-refractivity contribution in [2.24, 2.45) is 0 Å². The lowest BCUT2D eigenvalue weighted by Crippen LogP contribution is -2.43. The third kappa shape index (κ3) is 3.62. The van der Waals surface area contributed by atoms with Crippen LogP contribution in [0.15, 0.2) is 18.3 Å². The van der Waals surface area contributed by atoms with Gasteiger partial charge in [-0.15, -0.1) is 0 Å². The summed E-state index contributed by atoms with van der Waals surface area (Å²) in [5.74, 6) is 1.73. The highest BCUT2D eigenvalue weighted by atomic mass is 32.2. The van der Waals surface area contributed by atoms with E-state index in [1.807, 2.05) is 17.8 Å². The molecule has 2 rings (SSSR count). The normalized spacial score (nSPS) is 18.2. The van der Waals surface area contributed by atoms with E-state index < -0.39 is 0 Å². The number of hydrogen-bond acceptors (Lipinski definition) is 5. The molecule has 0 N–H and O–H groups in total. The van der Waals surface area contributed by atoms with Gasteiger partial charge in [0, 0.05) is 29.8 Å². The van der Waals surface area contributed by atoms with E-state index in [2.05, 4.69) is 23.7 Å². The molecule has 1 aromatic rings. The van der Waals surface area contributed by atoms with Crippen LogP contribution in [0, 0.1) is 0 Å². The summed E-state index contributed by atoms with van der Waals surface area (Å²) in [6.07, 6.45) is 1.60. The Morgan fingerprint density at radius 1 is 1.53 bits per heavy atom. The van der Waals surface area contributed by atoms with Gasteiger partial charge >= 0.3 is 5.97 Å². The number of anilines is 1. The zero-order valence-corrected chi connectivity index (χ0v) is 12.5. The van der Waals surface area contributed by atoms with Crippen molar-refractivity contribution in [2.75, 3.05) is 30.3 Å². The minimum Gasteiger partial charge on any atom is -0.462 e. The number of rotatable bonds is 3. The van der Waals surface area contributed by atoms with Crippen LogP contribution in [0.3, 0.4) is 0 Å². The fourth-order valence-corrected chi connectivity index (χ4v) is 3.23. The Bertz CT molecular complexity index is 445. The Kier molecular flexibility index (Phi) is 4.34. The molecule has 1 saturated heterocycles. The van der Waals surface area contributed by atoms with E-state index in [0.29, 0.717) is 12.2 Å². The lowest BCUT2D eigenvalue weighted by molar-refractivity contribution is 0.0526. The third-order valence-corrected chi connectivity index (χ3v) is 4.31. The first-order valence-corrected chi connectivity index (χ1v) is 7.52. The number of carbonyl (C=O) groups excluding carboxylic acids is 1.